The molecule has 2 rings (SSSR count). The van der Waals surface area contributed by atoms with E-state index >= 15 is 0 Å². The minimum atomic E-state index is -3.69. The van der Waals surface area contributed by atoms with Gasteiger partial charge in [-0.2, -0.15) is 0 Å². The topological polar surface area (TPSA) is 98.5 Å². The van der Waals surface area contributed by atoms with Crippen LogP contribution in [0.2, 0.25) is 0 Å². The second kappa shape index (κ2) is 6.55. The molecule has 0 heterocycles. The number of rotatable bonds is 7. The Hall–Kier alpha value is -1.44. The molecule has 0 radical (unpaired) electrons. The monoisotopic (exact) mass is 312 g/mol. The van der Waals surface area contributed by atoms with E-state index in [1.165, 1.54) is 25.0 Å². The minimum Gasteiger partial charge on any atom is -0.371 e. The number of primary sulfonamides is 1. The van der Waals surface area contributed by atoms with Gasteiger partial charge in [-0.05, 0) is 43.4 Å². The molecule has 1 aromatic rings. The van der Waals surface area contributed by atoms with E-state index in [4.69, 9.17) is 9.88 Å². The fraction of sp³-hybridized carbons (Fsp3) is 0.500. The Balaban J connectivity index is 1.84. The second-order valence-electron chi connectivity index (χ2n) is 5.36. The highest BCUT2D eigenvalue weighted by Gasteiger charge is 2.21. The summed E-state index contributed by atoms with van der Waals surface area (Å²) in [6.45, 7) is 2.52. The van der Waals surface area contributed by atoms with Gasteiger partial charge in [-0.3, -0.25) is 4.79 Å². The fourth-order valence-corrected chi connectivity index (χ4v) is 2.43. The summed E-state index contributed by atoms with van der Waals surface area (Å²) in [7, 11) is -3.69. The normalized spacial score (nSPS) is 16.5. The molecule has 7 heteroatoms. The maximum Gasteiger partial charge on any atom is 0.246 e. The molecule has 0 bridgehead atoms. The van der Waals surface area contributed by atoms with E-state index in [2.05, 4.69) is 5.32 Å². The molecule has 0 unspecified atom stereocenters. The van der Waals surface area contributed by atoms with Gasteiger partial charge in [0.1, 0.15) is 6.61 Å². The van der Waals surface area contributed by atoms with E-state index in [-0.39, 0.29) is 23.5 Å². The summed E-state index contributed by atoms with van der Waals surface area (Å²) in [5.74, 6) is 0.444. The van der Waals surface area contributed by atoms with Crippen molar-refractivity contribution < 1.29 is 17.9 Å². The average Bonchev–Trinajstić information content (AvgIpc) is 3.22. The van der Waals surface area contributed by atoms with Crippen LogP contribution in [0.3, 0.4) is 0 Å². The van der Waals surface area contributed by atoms with Gasteiger partial charge in [-0.15, -0.1) is 0 Å². The Bertz CT molecular complexity index is 594. The van der Waals surface area contributed by atoms with Gasteiger partial charge in [-0.1, -0.05) is 12.1 Å². The first-order chi connectivity index (χ1) is 9.86. The van der Waals surface area contributed by atoms with E-state index < -0.39 is 10.0 Å². The second-order valence-corrected chi connectivity index (χ2v) is 6.92. The summed E-state index contributed by atoms with van der Waals surface area (Å²) in [4.78, 5) is 11.8. The van der Waals surface area contributed by atoms with E-state index in [0.717, 1.165) is 5.56 Å². The van der Waals surface area contributed by atoms with Crippen molar-refractivity contribution in [3.8, 4) is 0 Å². The van der Waals surface area contributed by atoms with Crippen molar-refractivity contribution in [2.75, 3.05) is 13.2 Å². The molecule has 1 fully saturated rings. The molecule has 1 aliphatic carbocycles. The van der Waals surface area contributed by atoms with Gasteiger partial charge in [0.15, 0.2) is 0 Å². The molecule has 0 aromatic heterocycles. The Labute approximate surface area is 124 Å². The van der Waals surface area contributed by atoms with Crippen LogP contribution in [-0.2, 0) is 19.6 Å². The van der Waals surface area contributed by atoms with Crippen LogP contribution in [0.5, 0.6) is 0 Å². The third kappa shape index (κ3) is 5.11. The Morgan fingerprint density at radius 1 is 1.38 bits per heavy atom. The summed E-state index contributed by atoms with van der Waals surface area (Å²) >= 11 is 0. The lowest BCUT2D eigenvalue weighted by atomic mass is 10.1. The van der Waals surface area contributed by atoms with Gasteiger partial charge in [-0.25, -0.2) is 13.6 Å². The number of nitrogens with one attached hydrogen (secondary N) is 1. The van der Waals surface area contributed by atoms with Crippen molar-refractivity contribution in [2.45, 2.75) is 30.7 Å². The van der Waals surface area contributed by atoms with Gasteiger partial charge >= 0.3 is 0 Å². The maximum absolute atomic E-state index is 11.7. The van der Waals surface area contributed by atoms with Crippen LogP contribution in [0.25, 0.3) is 0 Å². The summed E-state index contributed by atoms with van der Waals surface area (Å²) in [6.07, 6.45) is 2.38. The molecule has 6 nitrogen and oxygen atoms in total. The molecule has 1 aromatic carbocycles. The smallest absolute Gasteiger partial charge is 0.246 e. The molecular weight excluding hydrogens is 292 g/mol. The first-order valence-electron chi connectivity index (χ1n) is 6.86. The molecule has 0 saturated heterocycles. The lowest BCUT2D eigenvalue weighted by Crippen LogP contribution is -2.30. The number of ether oxygens (including phenoxy) is 1. The summed E-state index contributed by atoms with van der Waals surface area (Å²) in [6, 6.07) is 5.90. The third-order valence-electron chi connectivity index (χ3n) is 3.37. The molecule has 0 aliphatic heterocycles. The van der Waals surface area contributed by atoms with Crippen molar-refractivity contribution in [3.63, 3.8) is 0 Å². The van der Waals surface area contributed by atoms with Crippen molar-refractivity contribution in [3.05, 3.63) is 29.8 Å². The maximum atomic E-state index is 11.7. The first kappa shape index (κ1) is 15.9. The van der Waals surface area contributed by atoms with Crippen molar-refractivity contribution >= 4 is 15.9 Å². The van der Waals surface area contributed by atoms with Crippen LogP contribution in [0.4, 0.5) is 0 Å². The Kier molecular flexibility index (Phi) is 4.97. The summed E-state index contributed by atoms with van der Waals surface area (Å²) in [5, 5.41) is 7.84. The van der Waals surface area contributed by atoms with E-state index in [1.807, 2.05) is 6.92 Å². The van der Waals surface area contributed by atoms with E-state index in [9.17, 15) is 13.2 Å². The van der Waals surface area contributed by atoms with Crippen molar-refractivity contribution in [1.29, 1.82) is 0 Å². The zero-order valence-corrected chi connectivity index (χ0v) is 12.7. The SMILES string of the molecule is C[C@H](NC(=O)COCC1CC1)c1ccc(S(N)(=O)=O)cc1. The number of carbonyl (C=O) groups is 1. The van der Waals surface area contributed by atoms with Crippen LogP contribution in [0.1, 0.15) is 31.4 Å². The van der Waals surface area contributed by atoms with Crippen LogP contribution in [-0.4, -0.2) is 27.5 Å². The van der Waals surface area contributed by atoms with Crippen LogP contribution >= 0.6 is 0 Å². The minimum absolute atomic E-state index is 0.0517. The predicted molar refractivity (Wildman–Crippen MR) is 77.9 cm³/mol. The Morgan fingerprint density at radius 3 is 2.52 bits per heavy atom. The predicted octanol–water partition coefficient (Wildman–Crippen LogP) is 0.938. The highest BCUT2D eigenvalue weighted by Crippen LogP contribution is 2.28. The average molecular weight is 312 g/mol. The van der Waals surface area contributed by atoms with Gasteiger partial charge in [0.25, 0.3) is 0 Å². The third-order valence-corrected chi connectivity index (χ3v) is 4.30. The highest BCUT2D eigenvalue weighted by molar-refractivity contribution is 7.89. The molecule has 1 atom stereocenters. The number of benzene rings is 1. The number of sulfonamides is 1. The highest BCUT2D eigenvalue weighted by atomic mass is 32.2. The number of carbonyl (C=O) groups excluding carboxylic acids is 1. The summed E-state index contributed by atoms with van der Waals surface area (Å²) in [5.41, 5.74) is 0.804. The Morgan fingerprint density at radius 2 is 2.00 bits per heavy atom. The van der Waals surface area contributed by atoms with Crippen LogP contribution < -0.4 is 10.5 Å². The standard InChI is InChI=1S/C14H20N2O4S/c1-10(16-14(17)9-20-8-11-2-3-11)12-4-6-13(7-5-12)21(15,18)19/h4-7,10-11H,2-3,8-9H2,1H3,(H,16,17)(H2,15,18,19)/t10-/m0/s1. The van der Waals surface area contributed by atoms with E-state index in [0.29, 0.717) is 12.5 Å². The van der Waals surface area contributed by atoms with E-state index in [1.54, 1.807) is 12.1 Å². The fourth-order valence-electron chi connectivity index (χ4n) is 1.92. The molecule has 116 valence electrons. The number of amides is 1. The number of nitrogens with two attached hydrogens (primary N) is 1. The molecule has 1 saturated carbocycles. The van der Waals surface area contributed by atoms with Crippen molar-refractivity contribution in [2.24, 2.45) is 11.1 Å². The zero-order chi connectivity index (χ0) is 15.5. The number of hydrogen-bond acceptors (Lipinski definition) is 4. The number of hydrogen-bond donors (Lipinski definition) is 2. The van der Waals surface area contributed by atoms with Gasteiger partial charge in [0.2, 0.25) is 15.9 Å². The van der Waals surface area contributed by atoms with Crippen LogP contribution in [0.15, 0.2) is 29.2 Å². The van der Waals surface area contributed by atoms with Gasteiger partial charge in [0.05, 0.1) is 17.5 Å². The molecule has 0 spiro atoms. The molecule has 3 N–H and O–H groups in total. The lowest BCUT2D eigenvalue weighted by Gasteiger charge is -2.14. The molecule has 21 heavy (non-hydrogen) atoms. The molecule has 1 amide bonds. The first-order valence-corrected chi connectivity index (χ1v) is 8.41. The van der Waals surface area contributed by atoms with Gasteiger partial charge in [0, 0.05) is 0 Å². The molecule has 1 aliphatic rings. The largest absolute Gasteiger partial charge is 0.371 e. The van der Waals surface area contributed by atoms with Gasteiger partial charge < -0.3 is 10.1 Å². The summed E-state index contributed by atoms with van der Waals surface area (Å²) < 4.78 is 27.6. The van der Waals surface area contributed by atoms with Crippen LogP contribution in [0, 0.1) is 5.92 Å². The zero-order valence-electron chi connectivity index (χ0n) is 11.9. The van der Waals surface area contributed by atoms with Crippen molar-refractivity contribution in [1.82, 2.24) is 5.32 Å². The lowest BCUT2D eigenvalue weighted by molar-refractivity contribution is -0.126. The quantitative estimate of drug-likeness (QED) is 0.782. The molecular formula is C14H20N2O4S.